The first kappa shape index (κ1) is 34.2. The highest BCUT2D eigenvalue weighted by Gasteiger charge is 2.80. The van der Waals surface area contributed by atoms with Crippen LogP contribution in [0, 0.1) is 12.3 Å². The van der Waals surface area contributed by atoms with Crippen molar-refractivity contribution in [1.29, 1.82) is 0 Å². The third kappa shape index (κ3) is 5.65. The number of carbonyl (C=O) groups is 3. The van der Waals surface area contributed by atoms with Gasteiger partial charge in [0.2, 0.25) is 5.91 Å². The van der Waals surface area contributed by atoms with E-state index in [1.54, 1.807) is 63.2 Å². The molecule has 2 aliphatic heterocycles. The number of nitrogens with zero attached hydrogens (tertiary/aromatic N) is 1. The molecule has 2 heterocycles. The summed E-state index contributed by atoms with van der Waals surface area (Å²) in [5, 5.41) is 20.2. The van der Waals surface area contributed by atoms with Gasteiger partial charge in [-0.05, 0) is 88.2 Å². The standard InChI is InChI=1S/C39H40ClN3O6/c1-23-15-20-31-30(21-23)33(44)38(35(49-31)41-24(2)25-11-8-7-9-12-25)32(34(45)42-37(3,4)5)43(28-14-10-13-27(40)22-28)36(46)39(38,47)26-16-18-29(48-6)19-17-26/h7-22,24,32,35,41,47H,1-6H3,(H,42,45)/t24-,32+,35-,38-,39+/m0/s1. The van der Waals surface area contributed by atoms with Crippen molar-refractivity contribution < 1.29 is 29.0 Å². The first-order valence-electron chi connectivity index (χ1n) is 16.1. The first-order valence-corrected chi connectivity index (χ1v) is 16.5. The number of fused-ring (bicyclic) bond motifs is 1. The second kappa shape index (κ2) is 12.6. The van der Waals surface area contributed by atoms with Crippen LogP contribution in [0.25, 0.3) is 0 Å². The van der Waals surface area contributed by atoms with Gasteiger partial charge in [-0.25, -0.2) is 0 Å². The van der Waals surface area contributed by atoms with E-state index in [2.05, 4.69) is 10.6 Å². The molecule has 2 aliphatic rings. The molecular formula is C39H40ClN3O6. The third-order valence-electron chi connectivity index (χ3n) is 9.27. The van der Waals surface area contributed by atoms with E-state index in [1.165, 1.54) is 30.2 Å². The number of carbonyl (C=O) groups excluding carboxylic acids is 3. The average Bonchev–Trinajstić information content (AvgIpc) is 3.28. The molecule has 4 aromatic rings. The highest BCUT2D eigenvalue weighted by molar-refractivity contribution is 6.31. The van der Waals surface area contributed by atoms with Crippen LogP contribution in [-0.4, -0.2) is 47.6 Å². The normalized spacial score (nSPS) is 24.0. The van der Waals surface area contributed by atoms with E-state index in [1.807, 2.05) is 50.2 Å². The minimum atomic E-state index is -2.64. The number of hydrogen-bond donors (Lipinski definition) is 3. The lowest BCUT2D eigenvalue weighted by molar-refractivity contribution is -0.157. The van der Waals surface area contributed by atoms with E-state index in [-0.39, 0.29) is 22.6 Å². The maximum Gasteiger partial charge on any atom is 0.265 e. The first-order chi connectivity index (χ1) is 23.2. The quantitative estimate of drug-likeness (QED) is 0.215. The summed E-state index contributed by atoms with van der Waals surface area (Å²) in [6, 6.07) is 25.3. The summed E-state index contributed by atoms with van der Waals surface area (Å²) < 4.78 is 12.1. The topological polar surface area (TPSA) is 117 Å². The monoisotopic (exact) mass is 681 g/mol. The molecule has 2 amide bonds. The largest absolute Gasteiger partial charge is 0.497 e. The number of ketones is 1. The van der Waals surface area contributed by atoms with Crippen LogP contribution in [0.5, 0.6) is 11.5 Å². The molecule has 0 saturated carbocycles. The van der Waals surface area contributed by atoms with Gasteiger partial charge in [-0.3, -0.25) is 24.6 Å². The summed E-state index contributed by atoms with van der Waals surface area (Å²) in [6.07, 6.45) is -1.40. The van der Waals surface area contributed by atoms with Gasteiger partial charge in [0, 0.05) is 22.3 Å². The molecule has 9 nitrogen and oxygen atoms in total. The maximum atomic E-state index is 15.6. The molecule has 1 fully saturated rings. The Morgan fingerprint density at radius 2 is 1.67 bits per heavy atom. The molecule has 3 N–H and O–H groups in total. The molecule has 5 atom stereocenters. The second-order valence-electron chi connectivity index (χ2n) is 13.7. The molecular weight excluding hydrogens is 642 g/mol. The van der Waals surface area contributed by atoms with Gasteiger partial charge in [0.1, 0.15) is 17.5 Å². The SMILES string of the molecule is COc1ccc([C@@]2(O)C(=O)N(c3cccc(Cl)c3)[C@H](C(=O)NC(C)(C)C)[C@@]23C(=O)c2cc(C)ccc2O[C@@H]3N[C@@H](C)c2ccccc2)cc1. The highest BCUT2D eigenvalue weighted by Crippen LogP contribution is 2.59. The lowest BCUT2D eigenvalue weighted by Gasteiger charge is -2.50. The minimum Gasteiger partial charge on any atom is -0.497 e. The van der Waals surface area contributed by atoms with Crippen molar-refractivity contribution in [3.63, 3.8) is 0 Å². The van der Waals surface area contributed by atoms with E-state index in [9.17, 15) is 9.90 Å². The van der Waals surface area contributed by atoms with Gasteiger partial charge in [-0.15, -0.1) is 0 Å². The molecule has 1 spiro atoms. The van der Waals surface area contributed by atoms with Crippen molar-refractivity contribution in [3.8, 4) is 11.5 Å². The summed E-state index contributed by atoms with van der Waals surface area (Å²) in [4.78, 5) is 47.0. The van der Waals surface area contributed by atoms with E-state index >= 15 is 9.59 Å². The average molecular weight is 682 g/mol. The van der Waals surface area contributed by atoms with Gasteiger partial charge in [-0.1, -0.05) is 71.8 Å². The number of methoxy groups -OCH3 is 1. The van der Waals surface area contributed by atoms with Gasteiger partial charge in [0.15, 0.2) is 23.0 Å². The van der Waals surface area contributed by atoms with Gasteiger partial charge >= 0.3 is 0 Å². The molecule has 0 unspecified atom stereocenters. The fourth-order valence-corrected chi connectivity index (χ4v) is 7.24. The lowest BCUT2D eigenvalue weighted by atomic mass is 9.60. The number of anilines is 1. The van der Waals surface area contributed by atoms with Crippen LogP contribution in [0.4, 0.5) is 5.69 Å². The number of nitrogens with one attached hydrogen (secondary N) is 2. The van der Waals surface area contributed by atoms with E-state index < -0.39 is 52.5 Å². The number of Topliss-reactive ketones (excluding diaryl/α,β-unsaturated/α-hetero) is 1. The third-order valence-corrected chi connectivity index (χ3v) is 9.51. The lowest BCUT2D eigenvalue weighted by Crippen LogP contribution is -2.71. The van der Waals surface area contributed by atoms with Crippen molar-refractivity contribution in [2.45, 2.75) is 64.1 Å². The Kier molecular flexibility index (Phi) is 8.81. The predicted octanol–water partition coefficient (Wildman–Crippen LogP) is 6.11. The summed E-state index contributed by atoms with van der Waals surface area (Å²) >= 11 is 6.46. The summed E-state index contributed by atoms with van der Waals surface area (Å²) in [5.74, 6) is -1.43. The van der Waals surface area contributed by atoms with E-state index in [4.69, 9.17) is 21.1 Å². The van der Waals surface area contributed by atoms with Crippen LogP contribution in [-0.2, 0) is 15.2 Å². The molecule has 0 aromatic heterocycles. The number of halogens is 1. The zero-order chi connectivity index (χ0) is 35.3. The van der Waals surface area contributed by atoms with Crippen molar-refractivity contribution in [3.05, 3.63) is 124 Å². The van der Waals surface area contributed by atoms with E-state index in [0.717, 1.165) is 11.1 Å². The Labute approximate surface area is 291 Å². The Morgan fingerprint density at radius 1 is 0.980 bits per heavy atom. The minimum absolute atomic E-state index is 0.0867. The highest BCUT2D eigenvalue weighted by atomic mass is 35.5. The van der Waals surface area contributed by atoms with Gasteiger partial charge < -0.3 is 19.9 Å². The number of benzene rings is 4. The fraction of sp³-hybridized carbons (Fsp3) is 0.308. The molecule has 49 heavy (non-hydrogen) atoms. The van der Waals surface area contributed by atoms with Crippen LogP contribution in [0.2, 0.25) is 5.02 Å². The number of hydrogen-bond acceptors (Lipinski definition) is 7. The summed E-state index contributed by atoms with van der Waals surface area (Å²) in [6.45, 7) is 9.14. The zero-order valence-corrected chi connectivity index (χ0v) is 29.0. The second-order valence-corrected chi connectivity index (χ2v) is 14.2. The number of aliphatic hydroxyl groups is 1. The Hall–Kier alpha value is -4.70. The molecule has 10 heteroatoms. The van der Waals surface area contributed by atoms with Crippen LogP contribution in [0.3, 0.4) is 0 Å². The van der Waals surface area contributed by atoms with Gasteiger partial charge in [0.25, 0.3) is 5.91 Å². The predicted molar refractivity (Wildman–Crippen MR) is 188 cm³/mol. The zero-order valence-electron chi connectivity index (χ0n) is 28.3. The number of amides is 2. The van der Waals surface area contributed by atoms with Crippen molar-refractivity contribution in [1.82, 2.24) is 10.6 Å². The molecule has 0 radical (unpaired) electrons. The van der Waals surface area contributed by atoms with Gasteiger partial charge in [0.05, 0.1) is 12.7 Å². The summed E-state index contributed by atoms with van der Waals surface area (Å²) in [5.41, 5.74) is -3.63. The molecule has 0 aliphatic carbocycles. The van der Waals surface area contributed by atoms with Gasteiger partial charge in [-0.2, -0.15) is 0 Å². The fourth-order valence-electron chi connectivity index (χ4n) is 7.06. The molecule has 0 bridgehead atoms. The molecule has 1 saturated heterocycles. The van der Waals surface area contributed by atoms with E-state index in [0.29, 0.717) is 10.8 Å². The molecule has 254 valence electrons. The van der Waals surface area contributed by atoms with Crippen molar-refractivity contribution in [2.24, 2.45) is 5.41 Å². The smallest absolute Gasteiger partial charge is 0.265 e. The number of ether oxygens (including phenoxy) is 2. The Morgan fingerprint density at radius 3 is 2.31 bits per heavy atom. The Bertz CT molecular complexity index is 1910. The maximum absolute atomic E-state index is 15.6. The number of rotatable bonds is 7. The molecule has 6 rings (SSSR count). The van der Waals surface area contributed by atoms with Crippen LogP contribution in [0.15, 0.2) is 97.1 Å². The van der Waals surface area contributed by atoms with Crippen molar-refractivity contribution >= 4 is 34.9 Å². The van der Waals surface area contributed by atoms with Crippen LogP contribution >= 0.6 is 11.6 Å². The molecule has 4 aromatic carbocycles. The van der Waals surface area contributed by atoms with Crippen molar-refractivity contribution in [2.75, 3.05) is 12.0 Å². The van der Waals surface area contributed by atoms with Crippen LogP contribution < -0.4 is 25.0 Å². The number of aryl methyl sites for hydroxylation is 1. The summed E-state index contributed by atoms with van der Waals surface area (Å²) in [7, 11) is 1.50. The Balaban J connectivity index is 1.72. The van der Waals surface area contributed by atoms with Crippen LogP contribution in [0.1, 0.15) is 60.8 Å².